The molecule has 0 aliphatic carbocycles. The number of likely N-dealkylation sites (tertiary alicyclic amines) is 1. The van der Waals surface area contributed by atoms with Gasteiger partial charge in [0.25, 0.3) is 0 Å². The van der Waals surface area contributed by atoms with E-state index in [1.165, 1.54) is 0 Å². The Kier molecular flexibility index (Phi) is 6.40. The number of carbonyl (C=O) groups excluding carboxylic acids is 2. The molecule has 2 rings (SSSR count). The predicted octanol–water partition coefficient (Wildman–Crippen LogP) is 3.01. The summed E-state index contributed by atoms with van der Waals surface area (Å²) < 4.78 is 5.07. The normalized spacial score (nSPS) is 19.6. The van der Waals surface area contributed by atoms with E-state index in [2.05, 4.69) is 0 Å². The van der Waals surface area contributed by atoms with Crippen molar-refractivity contribution in [1.29, 1.82) is 0 Å². The molecule has 0 spiro atoms. The van der Waals surface area contributed by atoms with Crippen molar-refractivity contribution in [3.63, 3.8) is 0 Å². The van der Waals surface area contributed by atoms with Gasteiger partial charge in [-0.15, -0.1) is 0 Å². The monoisotopic (exact) mass is 361 g/mol. The van der Waals surface area contributed by atoms with Crippen LogP contribution in [-0.4, -0.2) is 47.9 Å². The number of hydrogen-bond acceptors (Lipinski definition) is 4. The van der Waals surface area contributed by atoms with Gasteiger partial charge in [-0.3, -0.25) is 14.4 Å². The van der Waals surface area contributed by atoms with E-state index in [9.17, 15) is 19.5 Å². The number of rotatable bonds is 8. The van der Waals surface area contributed by atoms with Crippen molar-refractivity contribution < 1.29 is 24.2 Å². The van der Waals surface area contributed by atoms with Crippen LogP contribution in [0, 0.1) is 11.3 Å². The SMILES string of the molecule is COc1ccc(C(=O)CCCC(=O)N2CCC(C(=O)O)(C(C)C)C2)cc1. The number of benzene rings is 1. The summed E-state index contributed by atoms with van der Waals surface area (Å²) in [5, 5.41) is 9.55. The zero-order chi connectivity index (χ0) is 19.3. The zero-order valence-corrected chi connectivity index (χ0v) is 15.7. The van der Waals surface area contributed by atoms with Crippen LogP contribution < -0.4 is 4.74 Å². The molecule has 1 atom stereocenters. The van der Waals surface area contributed by atoms with Crippen LogP contribution in [0.2, 0.25) is 0 Å². The molecule has 1 saturated heterocycles. The Morgan fingerprint density at radius 2 is 1.85 bits per heavy atom. The molecule has 1 N–H and O–H groups in total. The molecule has 6 nitrogen and oxygen atoms in total. The fourth-order valence-corrected chi connectivity index (χ4v) is 3.42. The molecule has 0 saturated carbocycles. The highest BCUT2D eigenvalue weighted by Crippen LogP contribution is 2.38. The van der Waals surface area contributed by atoms with Crippen molar-refractivity contribution in [2.75, 3.05) is 20.2 Å². The van der Waals surface area contributed by atoms with Crippen LogP contribution in [0.1, 0.15) is 49.9 Å². The van der Waals surface area contributed by atoms with E-state index in [0.29, 0.717) is 37.1 Å². The number of carboxylic acids is 1. The molecule has 1 aliphatic rings. The minimum atomic E-state index is -0.853. The van der Waals surface area contributed by atoms with Crippen LogP contribution in [0.25, 0.3) is 0 Å². The summed E-state index contributed by atoms with van der Waals surface area (Å²) in [4.78, 5) is 37.8. The molecule has 1 fully saturated rings. The Hall–Kier alpha value is -2.37. The van der Waals surface area contributed by atoms with Crippen LogP contribution in [0.4, 0.5) is 0 Å². The van der Waals surface area contributed by atoms with E-state index in [1.807, 2.05) is 13.8 Å². The lowest BCUT2D eigenvalue weighted by atomic mass is 9.76. The third kappa shape index (κ3) is 4.23. The first-order valence-corrected chi connectivity index (χ1v) is 8.98. The summed E-state index contributed by atoms with van der Waals surface area (Å²) in [6, 6.07) is 6.90. The second-order valence-corrected chi connectivity index (χ2v) is 7.19. The Morgan fingerprint density at radius 3 is 2.35 bits per heavy atom. The summed E-state index contributed by atoms with van der Waals surface area (Å²) in [5.41, 5.74) is -0.252. The molecule has 6 heteroatoms. The number of hydrogen-bond donors (Lipinski definition) is 1. The molecule has 1 heterocycles. The zero-order valence-electron chi connectivity index (χ0n) is 15.7. The second-order valence-electron chi connectivity index (χ2n) is 7.19. The van der Waals surface area contributed by atoms with Gasteiger partial charge in [0.2, 0.25) is 5.91 Å². The molecule has 1 aliphatic heterocycles. The number of carbonyl (C=O) groups is 3. The average Bonchev–Trinajstić information content (AvgIpc) is 3.08. The number of carboxylic acid groups (broad SMARTS) is 1. The summed E-state index contributed by atoms with van der Waals surface area (Å²) >= 11 is 0. The maximum atomic E-state index is 12.4. The molecule has 1 aromatic rings. The second kappa shape index (κ2) is 8.34. The minimum absolute atomic E-state index is 0.0102. The third-order valence-electron chi connectivity index (χ3n) is 5.39. The van der Waals surface area contributed by atoms with Gasteiger partial charge in [-0.1, -0.05) is 13.8 Å². The van der Waals surface area contributed by atoms with E-state index < -0.39 is 11.4 Å². The summed E-state index contributed by atoms with van der Waals surface area (Å²) in [5.74, 6) is -0.259. The first-order valence-electron chi connectivity index (χ1n) is 8.98. The van der Waals surface area contributed by atoms with Gasteiger partial charge in [0, 0.05) is 31.5 Å². The Balaban J connectivity index is 1.83. The quantitative estimate of drug-likeness (QED) is 0.720. The van der Waals surface area contributed by atoms with E-state index in [1.54, 1.807) is 36.3 Å². The first-order chi connectivity index (χ1) is 12.3. The topological polar surface area (TPSA) is 83.9 Å². The van der Waals surface area contributed by atoms with Gasteiger partial charge in [-0.25, -0.2) is 0 Å². The van der Waals surface area contributed by atoms with E-state index in [0.717, 1.165) is 0 Å². The van der Waals surface area contributed by atoms with Gasteiger partial charge in [0.05, 0.1) is 12.5 Å². The van der Waals surface area contributed by atoms with Gasteiger partial charge in [0.15, 0.2) is 5.78 Å². The fourth-order valence-electron chi connectivity index (χ4n) is 3.42. The summed E-state index contributed by atoms with van der Waals surface area (Å²) in [7, 11) is 1.57. The molecule has 26 heavy (non-hydrogen) atoms. The number of Topliss-reactive ketones (excluding diaryl/α,β-unsaturated/α-hetero) is 1. The lowest BCUT2D eigenvalue weighted by Gasteiger charge is -2.28. The van der Waals surface area contributed by atoms with E-state index in [-0.39, 0.29) is 30.6 Å². The maximum absolute atomic E-state index is 12.4. The molecule has 0 radical (unpaired) electrons. The lowest BCUT2D eigenvalue weighted by Crippen LogP contribution is -2.40. The Bertz CT molecular complexity index is 667. The van der Waals surface area contributed by atoms with Crippen molar-refractivity contribution in [3.05, 3.63) is 29.8 Å². The van der Waals surface area contributed by atoms with Crippen molar-refractivity contribution in [1.82, 2.24) is 4.90 Å². The highest BCUT2D eigenvalue weighted by atomic mass is 16.5. The number of ether oxygens (including phenoxy) is 1. The number of methoxy groups -OCH3 is 1. The van der Waals surface area contributed by atoms with Gasteiger partial charge in [-0.2, -0.15) is 0 Å². The molecule has 1 unspecified atom stereocenters. The smallest absolute Gasteiger partial charge is 0.311 e. The number of nitrogens with zero attached hydrogens (tertiary/aromatic N) is 1. The molecule has 142 valence electrons. The van der Waals surface area contributed by atoms with Gasteiger partial charge in [-0.05, 0) is 43.0 Å². The lowest BCUT2D eigenvalue weighted by molar-refractivity contribution is -0.151. The molecular weight excluding hydrogens is 334 g/mol. The highest BCUT2D eigenvalue weighted by Gasteiger charge is 2.48. The molecule has 1 aromatic carbocycles. The standard InChI is InChI=1S/C20H27NO5/c1-14(2)20(19(24)25)11-12-21(13-20)18(23)6-4-5-17(22)15-7-9-16(26-3)10-8-15/h7-10,14H,4-6,11-13H2,1-3H3,(H,24,25). The Morgan fingerprint density at radius 1 is 1.19 bits per heavy atom. The predicted molar refractivity (Wildman–Crippen MR) is 97.3 cm³/mol. The molecule has 0 bridgehead atoms. The first kappa shape index (κ1) is 19.9. The van der Waals surface area contributed by atoms with Crippen molar-refractivity contribution in [2.24, 2.45) is 11.3 Å². The van der Waals surface area contributed by atoms with Crippen LogP contribution in [0.5, 0.6) is 5.75 Å². The molecular formula is C20H27NO5. The van der Waals surface area contributed by atoms with Gasteiger partial charge >= 0.3 is 5.97 Å². The number of ketones is 1. The van der Waals surface area contributed by atoms with Crippen LogP contribution >= 0.6 is 0 Å². The maximum Gasteiger partial charge on any atom is 0.311 e. The van der Waals surface area contributed by atoms with Crippen LogP contribution in [0.3, 0.4) is 0 Å². The van der Waals surface area contributed by atoms with Crippen molar-refractivity contribution in [3.8, 4) is 5.75 Å². The number of amides is 1. The van der Waals surface area contributed by atoms with Crippen LogP contribution in [0.15, 0.2) is 24.3 Å². The van der Waals surface area contributed by atoms with Gasteiger partial charge in [0.1, 0.15) is 5.75 Å². The van der Waals surface area contributed by atoms with E-state index in [4.69, 9.17) is 4.74 Å². The molecule has 0 aromatic heterocycles. The average molecular weight is 361 g/mol. The van der Waals surface area contributed by atoms with Gasteiger partial charge < -0.3 is 14.7 Å². The van der Waals surface area contributed by atoms with E-state index >= 15 is 0 Å². The van der Waals surface area contributed by atoms with Crippen LogP contribution in [-0.2, 0) is 9.59 Å². The third-order valence-corrected chi connectivity index (χ3v) is 5.39. The number of aliphatic carboxylic acids is 1. The fraction of sp³-hybridized carbons (Fsp3) is 0.550. The van der Waals surface area contributed by atoms with Crippen molar-refractivity contribution >= 4 is 17.7 Å². The van der Waals surface area contributed by atoms with Crippen molar-refractivity contribution in [2.45, 2.75) is 39.5 Å². The molecule has 1 amide bonds. The Labute approximate surface area is 154 Å². The largest absolute Gasteiger partial charge is 0.497 e. The summed E-state index contributed by atoms with van der Waals surface area (Å²) in [6.07, 6.45) is 1.49. The summed E-state index contributed by atoms with van der Waals surface area (Å²) in [6.45, 7) is 4.49. The minimum Gasteiger partial charge on any atom is -0.497 e. The highest BCUT2D eigenvalue weighted by molar-refractivity contribution is 5.96.